The molecule has 0 atom stereocenters. The van der Waals surface area contributed by atoms with E-state index in [4.69, 9.17) is 0 Å². The third kappa shape index (κ3) is 5.56. The van der Waals surface area contributed by atoms with Crippen LogP contribution in [-0.2, 0) is 4.79 Å². The fourth-order valence-electron chi connectivity index (χ4n) is 3.66. The molecule has 2 rings (SSSR count). The molecule has 2 amide bonds. The Labute approximate surface area is 157 Å². The van der Waals surface area contributed by atoms with Gasteiger partial charge in [-0.3, -0.25) is 14.5 Å². The first-order valence-corrected chi connectivity index (χ1v) is 9.84. The van der Waals surface area contributed by atoms with Gasteiger partial charge in [0.2, 0.25) is 5.91 Å². The van der Waals surface area contributed by atoms with Crippen LogP contribution in [0.1, 0.15) is 56.8 Å². The molecule has 0 saturated heterocycles. The van der Waals surface area contributed by atoms with Crippen LogP contribution in [0.5, 0.6) is 0 Å². The van der Waals surface area contributed by atoms with Gasteiger partial charge in [0.15, 0.2) is 0 Å². The minimum atomic E-state index is -0.0291. The normalized spacial score (nSPS) is 20.0. The molecule has 1 aliphatic rings. The highest BCUT2D eigenvalue weighted by atomic mass is 16.2. The van der Waals surface area contributed by atoms with Crippen molar-refractivity contribution in [3.8, 4) is 0 Å². The van der Waals surface area contributed by atoms with Crippen molar-refractivity contribution in [3.63, 3.8) is 0 Å². The third-order valence-corrected chi connectivity index (χ3v) is 5.45. The molecule has 1 N–H and O–H groups in total. The molecule has 144 valence electrons. The number of likely N-dealkylation sites (N-methyl/N-ethyl adjacent to an activating group) is 1. The second-order valence-electron chi connectivity index (χ2n) is 7.44. The lowest BCUT2D eigenvalue weighted by Crippen LogP contribution is -2.39. The Morgan fingerprint density at radius 2 is 1.77 bits per heavy atom. The molecular weight excluding hydrogens is 326 g/mol. The van der Waals surface area contributed by atoms with Crippen LogP contribution in [-0.4, -0.2) is 54.3 Å². The smallest absolute Gasteiger partial charge is 0.253 e. The molecule has 0 aliphatic heterocycles. The van der Waals surface area contributed by atoms with Gasteiger partial charge in [0, 0.05) is 30.4 Å². The van der Waals surface area contributed by atoms with E-state index in [0.717, 1.165) is 5.92 Å². The molecule has 0 spiro atoms. The maximum absolute atomic E-state index is 12.5. The molecule has 5 heteroatoms. The Hall–Kier alpha value is -1.88. The number of nitrogens with one attached hydrogen (secondary N) is 1. The summed E-state index contributed by atoms with van der Waals surface area (Å²) in [5.41, 5.74) is 1.29. The highest BCUT2D eigenvalue weighted by Crippen LogP contribution is 2.26. The van der Waals surface area contributed by atoms with E-state index < -0.39 is 0 Å². The van der Waals surface area contributed by atoms with Gasteiger partial charge in [-0.05, 0) is 70.7 Å². The number of rotatable bonds is 7. The zero-order chi connectivity index (χ0) is 19.1. The van der Waals surface area contributed by atoms with E-state index >= 15 is 0 Å². The largest absolute Gasteiger partial charge is 0.339 e. The first-order chi connectivity index (χ1) is 12.4. The Bertz CT molecular complexity index is 605. The lowest BCUT2D eigenvalue weighted by Gasteiger charge is -2.33. The molecule has 0 heterocycles. The average molecular weight is 360 g/mol. The van der Waals surface area contributed by atoms with E-state index in [-0.39, 0.29) is 11.8 Å². The van der Waals surface area contributed by atoms with E-state index in [1.165, 1.54) is 25.7 Å². The topological polar surface area (TPSA) is 52.7 Å². The summed E-state index contributed by atoms with van der Waals surface area (Å²) in [5, 5.41) is 2.94. The summed E-state index contributed by atoms with van der Waals surface area (Å²) < 4.78 is 0. The van der Waals surface area contributed by atoms with Crippen LogP contribution in [0, 0.1) is 5.92 Å². The lowest BCUT2D eigenvalue weighted by atomic mass is 9.87. The molecule has 1 aromatic carbocycles. The van der Waals surface area contributed by atoms with Crippen molar-refractivity contribution in [1.82, 2.24) is 9.80 Å². The van der Waals surface area contributed by atoms with Crippen molar-refractivity contribution < 1.29 is 9.59 Å². The van der Waals surface area contributed by atoms with Crippen molar-refractivity contribution in [1.29, 1.82) is 0 Å². The molecule has 1 aliphatic carbocycles. The van der Waals surface area contributed by atoms with Gasteiger partial charge in [-0.25, -0.2) is 0 Å². The van der Waals surface area contributed by atoms with Crippen LogP contribution in [0.4, 0.5) is 5.69 Å². The Morgan fingerprint density at radius 3 is 2.38 bits per heavy atom. The SMILES string of the molecule is CCN(CC)C(=O)c1cccc(NC(=O)CN(C)C2CCC(C)CC2)c1. The second kappa shape index (κ2) is 9.72. The van der Waals surface area contributed by atoms with Crippen LogP contribution in [0.2, 0.25) is 0 Å². The number of carbonyl (C=O) groups excluding carboxylic acids is 2. The average Bonchev–Trinajstić information content (AvgIpc) is 2.63. The summed E-state index contributed by atoms with van der Waals surface area (Å²) in [6.07, 6.45) is 4.82. The molecule has 0 radical (unpaired) electrons. The second-order valence-corrected chi connectivity index (χ2v) is 7.44. The van der Waals surface area contributed by atoms with E-state index in [0.29, 0.717) is 36.9 Å². The van der Waals surface area contributed by atoms with Crippen molar-refractivity contribution in [2.45, 2.75) is 52.5 Å². The quantitative estimate of drug-likeness (QED) is 0.809. The highest BCUT2D eigenvalue weighted by Gasteiger charge is 2.23. The molecule has 1 saturated carbocycles. The van der Waals surface area contributed by atoms with E-state index in [2.05, 4.69) is 17.1 Å². The van der Waals surface area contributed by atoms with Crippen molar-refractivity contribution in [3.05, 3.63) is 29.8 Å². The zero-order valence-electron chi connectivity index (χ0n) is 16.6. The molecule has 1 aromatic rings. The van der Waals surface area contributed by atoms with Crippen molar-refractivity contribution >= 4 is 17.5 Å². The number of nitrogens with zero attached hydrogens (tertiary/aromatic N) is 2. The monoisotopic (exact) mass is 359 g/mol. The number of benzene rings is 1. The van der Waals surface area contributed by atoms with Gasteiger partial charge >= 0.3 is 0 Å². The summed E-state index contributed by atoms with van der Waals surface area (Å²) in [6, 6.07) is 7.71. The summed E-state index contributed by atoms with van der Waals surface area (Å²) >= 11 is 0. The van der Waals surface area contributed by atoms with Gasteiger partial charge in [-0.1, -0.05) is 13.0 Å². The number of carbonyl (C=O) groups is 2. The number of hydrogen-bond donors (Lipinski definition) is 1. The summed E-state index contributed by atoms with van der Waals surface area (Å²) in [5.74, 6) is 0.776. The highest BCUT2D eigenvalue weighted by molar-refractivity contribution is 5.97. The zero-order valence-corrected chi connectivity index (χ0v) is 16.6. The van der Waals surface area contributed by atoms with Crippen LogP contribution in [0.25, 0.3) is 0 Å². The standard InChI is InChI=1S/C21H33N3O2/c1-5-24(6-2)21(26)17-8-7-9-18(14-17)22-20(25)15-23(4)19-12-10-16(3)11-13-19/h7-9,14,16,19H,5-6,10-13,15H2,1-4H3,(H,22,25). The number of amides is 2. The van der Waals surface area contributed by atoms with Crippen molar-refractivity contribution in [2.75, 3.05) is 32.0 Å². The Morgan fingerprint density at radius 1 is 1.12 bits per heavy atom. The van der Waals surface area contributed by atoms with E-state index in [1.54, 1.807) is 17.0 Å². The molecule has 0 unspecified atom stereocenters. The molecule has 0 aromatic heterocycles. The predicted molar refractivity (Wildman–Crippen MR) is 106 cm³/mol. The van der Waals surface area contributed by atoms with Gasteiger partial charge in [0.25, 0.3) is 5.91 Å². The van der Waals surface area contributed by atoms with Gasteiger partial charge in [-0.2, -0.15) is 0 Å². The lowest BCUT2D eigenvalue weighted by molar-refractivity contribution is -0.117. The van der Waals surface area contributed by atoms with Crippen LogP contribution >= 0.6 is 0 Å². The van der Waals surface area contributed by atoms with Gasteiger partial charge in [-0.15, -0.1) is 0 Å². The summed E-state index contributed by atoms with van der Waals surface area (Å²) in [4.78, 5) is 28.8. The maximum atomic E-state index is 12.5. The Balaban J connectivity index is 1.92. The molecule has 0 bridgehead atoms. The van der Waals surface area contributed by atoms with Crippen LogP contribution < -0.4 is 5.32 Å². The van der Waals surface area contributed by atoms with E-state index in [1.807, 2.05) is 33.0 Å². The fourth-order valence-corrected chi connectivity index (χ4v) is 3.66. The molecule has 26 heavy (non-hydrogen) atoms. The number of hydrogen-bond acceptors (Lipinski definition) is 3. The number of anilines is 1. The fraction of sp³-hybridized carbons (Fsp3) is 0.619. The Kier molecular flexibility index (Phi) is 7.64. The van der Waals surface area contributed by atoms with Gasteiger partial charge in [0.05, 0.1) is 6.54 Å². The first kappa shape index (κ1) is 20.4. The minimum absolute atomic E-state index is 0.000424. The maximum Gasteiger partial charge on any atom is 0.253 e. The third-order valence-electron chi connectivity index (χ3n) is 5.45. The van der Waals surface area contributed by atoms with Gasteiger partial charge < -0.3 is 10.2 Å². The molecule has 1 fully saturated rings. The van der Waals surface area contributed by atoms with Crippen LogP contribution in [0.3, 0.4) is 0 Å². The van der Waals surface area contributed by atoms with Crippen LogP contribution in [0.15, 0.2) is 24.3 Å². The first-order valence-electron chi connectivity index (χ1n) is 9.84. The molecular formula is C21H33N3O2. The predicted octanol–water partition coefficient (Wildman–Crippen LogP) is 3.62. The summed E-state index contributed by atoms with van der Waals surface area (Å²) in [7, 11) is 2.03. The molecule has 5 nitrogen and oxygen atoms in total. The van der Waals surface area contributed by atoms with E-state index in [9.17, 15) is 9.59 Å². The van der Waals surface area contributed by atoms with Crippen molar-refractivity contribution in [2.24, 2.45) is 5.92 Å². The minimum Gasteiger partial charge on any atom is -0.339 e. The van der Waals surface area contributed by atoms with Gasteiger partial charge in [0.1, 0.15) is 0 Å². The summed E-state index contributed by atoms with van der Waals surface area (Å²) in [6.45, 7) is 7.97.